The van der Waals surface area contributed by atoms with Crippen molar-refractivity contribution in [2.45, 2.75) is 24.9 Å². The van der Waals surface area contributed by atoms with Crippen molar-refractivity contribution in [3.63, 3.8) is 0 Å². The minimum Gasteiger partial charge on any atom is -0.381 e. The Hall–Kier alpha value is -0.910. The molecule has 4 nitrogen and oxygen atoms in total. The fraction of sp³-hybridized carbons (Fsp3) is 0.462. The van der Waals surface area contributed by atoms with Gasteiger partial charge in [0.25, 0.3) is 0 Å². The van der Waals surface area contributed by atoms with Gasteiger partial charge in [-0.05, 0) is 25.0 Å². The molecule has 18 heavy (non-hydrogen) atoms. The smallest absolute Gasteiger partial charge is 0.246 e. The number of nitrogens with one attached hydrogen (secondary N) is 2. The van der Waals surface area contributed by atoms with Gasteiger partial charge in [0.05, 0.1) is 0 Å². The molecule has 0 aromatic heterocycles. The van der Waals surface area contributed by atoms with Crippen LogP contribution in [-0.4, -0.2) is 25.2 Å². The van der Waals surface area contributed by atoms with E-state index in [9.17, 15) is 4.79 Å². The van der Waals surface area contributed by atoms with E-state index in [2.05, 4.69) is 26.6 Å². The van der Waals surface area contributed by atoms with Crippen molar-refractivity contribution < 1.29 is 9.53 Å². The fourth-order valence-corrected chi connectivity index (χ4v) is 3.13. The second kappa shape index (κ2) is 4.99. The van der Waals surface area contributed by atoms with E-state index in [1.807, 2.05) is 18.2 Å². The third-order valence-electron chi connectivity index (χ3n) is 3.49. The van der Waals surface area contributed by atoms with Gasteiger partial charge in [-0.1, -0.05) is 22.0 Å². The topological polar surface area (TPSA) is 50.4 Å². The van der Waals surface area contributed by atoms with Crippen molar-refractivity contribution in [2.24, 2.45) is 0 Å². The molecule has 0 radical (unpaired) electrons. The van der Waals surface area contributed by atoms with Gasteiger partial charge in [0.2, 0.25) is 5.91 Å². The summed E-state index contributed by atoms with van der Waals surface area (Å²) in [5.74, 6) is 0.0309. The second-order valence-corrected chi connectivity index (χ2v) is 5.53. The number of anilines is 1. The van der Waals surface area contributed by atoms with Gasteiger partial charge in [-0.15, -0.1) is 0 Å². The average Bonchev–Trinajstić information content (AvgIpc) is 2.69. The van der Waals surface area contributed by atoms with Crippen LogP contribution in [0.1, 0.15) is 24.4 Å². The summed E-state index contributed by atoms with van der Waals surface area (Å²) in [6.45, 7) is 1.55. The van der Waals surface area contributed by atoms with E-state index in [1.54, 1.807) is 0 Å². The predicted octanol–water partition coefficient (Wildman–Crippen LogP) is 2.21. The van der Waals surface area contributed by atoms with Crippen molar-refractivity contribution in [3.05, 3.63) is 28.2 Å². The Kier molecular flexibility index (Phi) is 3.37. The molecule has 1 atom stereocenters. The van der Waals surface area contributed by atoms with Crippen molar-refractivity contribution in [3.8, 4) is 0 Å². The van der Waals surface area contributed by atoms with Crippen LogP contribution in [0.5, 0.6) is 0 Å². The van der Waals surface area contributed by atoms with E-state index < -0.39 is 0 Å². The van der Waals surface area contributed by atoms with Crippen LogP contribution < -0.4 is 10.6 Å². The molecule has 1 aromatic rings. The Morgan fingerprint density at radius 1 is 1.33 bits per heavy atom. The lowest BCUT2D eigenvalue weighted by atomic mass is 10.0. The van der Waals surface area contributed by atoms with Gasteiger partial charge in [-0.2, -0.15) is 0 Å². The molecule has 3 rings (SSSR count). The number of halogens is 1. The summed E-state index contributed by atoms with van der Waals surface area (Å²) >= 11 is 3.52. The predicted molar refractivity (Wildman–Crippen MR) is 72.5 cm³/mol. The molecule has 1 unspecified atom stereocenters. The normalized spacial score (nSPS) is 23.8. The summed E-state index contributed by atoms with van der Waals surface area (Å²) in [5.41, 5.74) is 1.92. The molecular formula is C13H15BrN2O2. The van der Waals surface area contributed by atoms with Crippen molar-refractivity contribution in [1.82, 2.24) is 5.32 Å². The number of fused-ring (bicyclic) bond motifs is 1. The van der Waals surface area contributed by atoms with Crippen LogP contribution in [0, 0.1) is 0 Å². The highest BCUT2D eigenvalue weighted by Gasteiger charge is 2.33. The highest BCUT2D eigenvalue weighted by atomic mass is 79.9. The molecule has 0 aliphatic carbocycles. The molecular weight excluding hydrogens is 296 g/mol. The minimum absolute atomic E-state index is 0.0309. The third kappa shape index (κ3) is 2.18. The van der Waals surface area contributed by atoms with Gasteiger partial charge in [-0.25, -0.2) is 0 Å². The molecule has 1 fully saturated rings. The number of benzene rings is 1. The lowest BCUT2D eigenvalue weighted by molar-refractivity contribution is -0.118. The number of amides is 1. The lowest BCUT2D eigenvalue weighted by Crippen LogP contribution is -2.39. The van der Waals surface area contributed by atoms with Crippen LogP contribution in [0.25, 0.3) is 0 Å². The summed E-state index contributed by atoms with van der Waals surface area (Å²) in [5, 5.41) is 6.36. The number of hydrogen-bond donors (Lipinski definition) is 2. The number of rotatable bonds is 2. The van der Waals surface area contributed by atoms with Crippen LogP contribution in [-0.2, 0) is 9.53 Å². The zero-order valence-corrected chi connectivity index (χ0v) is 11.5. The van der Waals surface area contributed by atoms with Crippen molar-refractivity contribution in [2.75, 3.05) is 18.5 Å². The fourth-order valence-electron chi connectivity index (χ4n) is 2.53. The first kappa shape index (κ1) is 12.1. The number of carbonyl (C=O) groups is 1. The van der Waals surface area contributed by atoms with Crippen LogP contribution in [0.4, 0.5) is 5.69 Å². The zero-order valence-electron chi connectivity index (χ0n) is 9.91. The van der Waals surface area contributed by atoms with Crippen molar-refractivity contribution in [1.29, 1.82) is 0 Å². The molecule has 2 aliphatic heterocycles. The zero-order chi connectivity index (χ0) is 12.5. The summed E-state index contributed by atoms with van der Waals surface area (Å²) in [6.07, 6.45) is 1.92. The van der Waals surface area contributed by atoms with E-state index in [1.165, 1.54) is 0 Å². The quantitative estimate of drug-likeness (QED) is 0.880. The molecule has 2 N–H and O–H groups in total. The van der Waals surface area contributed by atoms with Crippen LogP contribution >= 0.6 is 15.9 Å². The van der Waals surface area contributed by atoms with Crippen molar-refractivity contribution >= 4 is 27.5 Å². The summed E-state index contributed by atoms with van der Waals surface area (Å²) < 4.78 is 6.31. The molecule has 1 saturated heterocycles. The Morgan fingerprint density at radius 3 is 2.89 bits per heavy atom. The van der Waals surface area contributed by atoms with Crippen LogP contribution in [0.15, 0.2) is 22.7 Å². The second-order valence-electron chi connectivity index (χ2n) is 4.68. The maximum atomic E-state index is 12.0. The Morgan fingerprint density at radius 2 is 2.11 bits per heavy atom. The lowest BCUT2D eigenvalue weighted by Gasteiger charge is -2.26. The molecule has 2 heterocycles. The summed E-state index contributed by atoms with van der Waals surface area (Å²) in [6, 6.07) is 5.94. The molecule has 0 spiro atoms. The first-order valence-electron chi connectivity index (χ1n) is 6.19. The Balaban J connectivity index is 1.82. The first-order chi connectivity index (χ1) is 8.75. The third-order valence-corrected chi connectivity index (χ3v) is 4.18. The monoisotopic (exact) mass is 310 g/mol. The standard InChI is InChI=1S/C13H15BrN2O2/c14-9-2-1-3-10-11(9)12(13(17)16-10)15-8-4-6-18-7-5-8/h1-3,8,12,15H,4-7H2,(H,16,17). The summed E-state index contributed by atoms with van der Waals surface area (Å²) in [4.78, 5) is 12.0. The largest absolute Gasteiger partial charge is 0.381 e. The van der Waals surface area contributed by atoms with Gasteiger partial charge in [0.1, 0.15) is 6.04 Å². The van der Waals surface area contributed by atoms with Gasteiger partial charge in [-0.3, -0.25) is 10.1 Å². The molecule has 0 saturated carbocycles. The maximum absolute atomic E-state index is 12.0. The highest BCUT2D eigenvalue weighted by molar-refractivity contribution is 9.10. The number of carbonyl (C=O) groups excluding carboxylic acids is 1. The average molecular weight is 311 g/mol. The molecule has 1 aromatic carbocycles. The molecule has 5 heteroatoms. The Bertz CT molecular complexity index is 472. The number of hydrogen-bond acceptors (Lipinski definition) is 3. The number of ether oxygens (including phenoxy) is 1. The van der Waals surface area contributed by atoms with Gasteiger partial charge >= 0.3 is 0 Å². The highest BCUT2D eigenvalue weighted by Crippen LogP contribution is 2.36. The van der Waals surface area contributed by atoms with E-state index in [0.717, 1.165) is 41.8 Å². The molecule has 0 bridgehead atoms. The van der Waals surface area contributed by atoms with Gasteiger partial charge in [0, 0.05) is 35.0 Å². The van der Waals surface area contributed by atoms with Crippen LogP contribution in [0.2, 0.25) is 0 Å². The maximum Gasteiger partial charge on any atom is 0.246 e. The summed E-state index contributed by atoms with van der Waals surface area (Å²) in [7, 11) is 0. The van der Waals surface area contributed by atoms with Crippen LogP contribution in [0.3, 0.4) is 0 Å². The van der Waals surface area contributed by atoms with E-state index in [4.69, 9.17) is 4.74 Å². The minimum atomic E-state index is -0.251. The molecule has 1 amide bonds. The van der Waals surface area contributed by atoms with Gasteiger partial charge in [0.15, 0.2) is 0 Å². The Labute approximate surface area is 114 Å². The molecule has 96 valence electrons. The SMILES string of the molecule is O=C1Nc2cccc(Br)c2C1NC1CCOCC1. The van der Waals surface area contributed by atoms with E-state index in [-0.39, 0.29) is 11.9 Å². The van der Waals surface area contributed by atoms with E-state index in [0.29, 0.717) is 6.04 Å². The van der Waals surface area contributed by atoms with Gasteiger partial charge < -0.3 is 10.1 Å². The van der Waals surface area contributed by atoms with E-state index >= 15 is 0 Å². The molecule has 2 aliphatic rings. The first-order valence-corrected chi connectivity index (χ1v) is 6.98.